The lowest BCUT2D eigenvalue weighted by Crippen LogP contribution is -2.11. The number of hydrogen-bond acceptors (Lipinski definition) is 3. The van der Waals surface area contributed by atoms with Crippen LogP contribution in [0, 0.1) is 6.92 Å². The minimum absolute atomic E-state index is 0.164. The molecule has 60 valence electrons. The lowest BCUT2D eigenvalue weighted by Gasteiger charge is -1.95. The van der Waals surface area contributed by atoms with Crippen molar-refractivity contribution in [3.8, 4) is 0 Å². The highest BCUT2D eigenvalue weighted by Crippen LogP contribution is 2.11. The first-order chi connectivity index (χ1) is 5.22. The van der Waals surface area contributed by atoms with E-state index in [2.05, 4.69) is 17.9 Å². The monoisotopic (exact) mass is 171 g/mol. The maximum Gasteiger partial charge on any atom is 0.236 e. The number of nitrogens with one attached hydrogen (secondary N) is 1. The van der Waals surface area contributed by atoms with Crippen molar-refractivity contribution in [2.75, 3.05) is 11.1 Å². The van der Waals surface area contributed by atoms with Gasteiger partial charge in [-0.15, -0.1) is 0 Å². The van der Waals surface area contributed by atoms with Crippen LogP contribution in [-0.4, -0.2) is 11.7 Å². The van der Waals surface area contributed by atoms with Gasteiger partial charge in [0.15, 0.2) is 5.88 Å². The van der Waals surface area contributed by atoms with Gasteiger partial charge >= 0.3 is 0 Å². The van der Waals surface area contributed by atoms with E-state index >= 15 is 0 Å². The topological polar surface area (TPSA) is 42.2 Å². The highest BCUT2D eigenvalue weighted by Gasteiger charge is 2.01. The van der Waals surface area contributed by atoms with Crippen LogP contribution in [0.1, 0.15) is 5.76 Å². The lowest BCUT2D eigenvalue weighted by atomic mass is 10.5. The Kier molecular flexibility index (Phi) is 2.59. The number of amides is 1. The molecule has 1 aromatic heterocycles. The van der Waals surface area contributed by atoms with E-state index in [0.29, 0.717) is 5.88 Å². The number of carbonyl (C=O) groups is 1. The summed E-state index contributed by atoms with van der Waals surface area (Å²) in [5.74, 6) is 1.25. The first kappa shape index (κ1) is 8.20. The minimum atomic E-state index is -0.164. The number of carbonyl (C=O) groups excluding carboxylic acids is 1. The largest absolute Gasteiger partial charge is 0.446 e. The van der Waals surface area contributed by atoms with Crippen molar-refractivity contribution in [3.05, 3.63) is 17.9 Å². The summed E-state index contributed by atoms with van der Waals surface area (Å²) in [5, 5.41) is 2.53. The molecule has 0 aliphatic carbocycles. The van der Waals surface area contributed by atoms with Gasteiger partial charge in [0.05, 0.1) is 5.75 Å². The third-order valence-electron chi connectivity index (χ3n) is 1.15. The van der Waals surface area contributed by atoms with Crippen molar-refractivity contribution in [2.45, 2.75) is 6.92 Å². The fraction of sp³-hybridized carbons (Fsp3) is 0.286. The zero-order valence-electron chi connectivity index (χ0n) is 6.13. The molecule has 0 spiro atoms. The number of hydrogen-bond donors (Lipinski definition) is 2. The van der Waals surface area contributed by atoms with Gasteiger partial charge in [-0.05, 0) is 13.0 Å². The van der Waals surface area contributed by atoms with Crippen LogP contribution in [0.4, 0.5) is 5.88 Å². The molecule has 0 unspecified atom stereocenters. The highest BCUT2D eigenvalue weighted by molar-refractivity contribution is 7.81. The molecular formula is C7H9NO2S. The Hall–Kier alpha value is -0.900. The van der Waals surface area contributed by atoms with Gasteiger partial charge in [0.2, 0.25) is 5.91 Å². The van der Waals surface area contributed by atoms with Gasteiger partial charge in [0, 0.05) is 6.07 Å². The molecule has 0 radical (unpaired) electrons. The van der Waals surface area contributed by atoms with Crippen LogP contribution in [0.15, 0.2) is 16.5 Å². The zero-order chi connectivity index (χ0) is 8.27. The van der Waals surface area contributed by atoms with E-state index in [1.54, 1.807) is 12.1 Å². The Morgan fingerprint density at radius 3 is 2.91 bits per heavy atom. The second-order valence-electron chi connectivity index (χ2n) is 2.12. The van der Waals surface area contributed by atoms with Crippen molar-refractivity contribution in [1.82, 2.24) is 0 Å². The number of furan rings is 1. The highest BCUT2D eigenvalue weighted by atomic mass is 32.1. The molecule has 1 N–H and O–H groups in total. The van der Waals surface area contributed by atoms with Crippen LogP contribution < -0.4 is 5.32 Å². The molecule has 0 saturated carbocycles. The third-order valence-corrected chi connectivity index (χ3v) is 1.43. The molecule has 0 fully saturated rings. The summed E-state index contributed by atoms with van der Waals surface area (Å²) in [7, 11) is 0. The maximum absolute atomic E-state index is 10.7. The summed E-state index contributed by atoms with van der Waals surface area (Å²) in [6, 6.07) is 3.49. The summed E-state index contributed by atoms with van der Waals surface area (Å²) in [6.07, 6.45) is 0. The Morgan fingerprint density at radius 1 is 1.73 bits per heavy atom. The van der Waals surface area contributed by atoms with Gasteiger partial charge in [-0.25, -0.2) is 0 Å². The zero-order valence-corrected chi connectivity index (χ0v) is 7.02. The van der Waals surface area contributed by atoms with Gasteiger partial charge in [0.25, 0.3) is 0 Å². The molecule has 1 amide bonds. The van der Waals surface area contributed by atoms with Crippen LogP contribution in [-0.2, 0) is 4.79 Å². The Morgan fingerprint density at radius 2 is 2.45 bits per heavy atom. The van der Waals surface area contributed by atoms with E-state index < -0.39 is 0 Å². The Bertz CT molecular complexity index is 257. The van der Waals surface area contributed by atoms with Crippen LogP contribution in [0.3, 0.4) is 0 Å². The molecular weight excluding hydrogens is 162 g/mol. The first-order valence-corrected chi connectivity index (χ1v) is 3.83. The maximum atomic E-state index is 10.7. The number of rotatable bonds is 2. The molecule has 0 aromatic carbocycles. The SMILES string of the molecule is Cc1ccc(NC(=O)CS)o1. The van der Waals surface area contributed by atoms with Gasteiger partial charge < -0.3 is 4.42 Å². The summed E-state index contributed by atoms with van der Waals surface area (Å²) < 4.78 is 5.09. The molecule has 0 bridgehead atoms. The average molecular weight is 171 g/mol. The smallest absolute Gasteiger partial charge is 0.236 e. The Balaban J connectivity index is 2.57. The number of aryl methyl sites for hydroxylation is 1. The predicted molar refractivity (Wildman–Crippen MR) is 45.9 cm³/mol. The fourth-order valence-electron chi connectivity index (χ4n) is 0.679. The fourth-order valence-corrected chi connectivity index (χ4v) is 0.758. The molecule has 1 rings (SSSR count). The first-order valence-electron chi connectivity index (χ1n) is 3.19. The Labute approximate surface area is 70.2 Å². The molecule has 1 aromatic rings. The van der Waals surface area contributed by atoms with Crippen LogP contribution in [0.2, 0.25) is 0 Å². The summed E-state index contributed by atoms with van der Waals surface area (Å²) >= 11 is 3.80. The van der Waals surface area contributed by atoms with Crippen LogP contribution >= 0.6 is 12.6 Å². The van der Waals surface area contributed by atoms with Crippen molar-refractivity contribution in [3.63, 3.8) is 0 Å². The molecule has 0 aliphatic heterocycles. The van der Waals surface area contributed by atoms with Crippen LogP contribution in [0.5, 0.6) is 0 Å². The second-order valence-corrected chi connectivity index (χ2v) is 2.43. The van der Waals surface area contributed by atoms with E-state index in [-0.39, 0.29) is 11.7 Å². The number of anilines is 1. The predicted octanol–water partition coefficient (Wildman–Crippen LogP) is 1.46. The van der Waals surface area contributed by atoms with Crippen molar-refractivity contribution >= 4 is 24.4 Å². The minimum Gasteiger partial charge on any atom is -0.446 e. The molecule has 3 nitrogen and oxygen atoms in total. The third kappa shape index (κ3) is 2.31. The van der Waals surface area contributed by atoms with E-state index in [9.17, 15) is 4.79 Å². The molecule has 0 aliphatic rings. The molecule has 1 heterocycles. The van der Waals surface area contributed by atoms with Crippen molar-refractivity contribution in [2.24, 2.45) is 0 Å². The van der Waals surface area contributed by atoms with E-state index in [1.165, 1.54) is 0 Å². The number of thiol groups is 1. The normalized spacial score (nSPS) is 9.64. The van der Waals surface area contributed by atoms with E-state index in [0.717, 1.165) is 5.76 Å². The second kappa shape index (κ2) is 3.48. The average Bonchev–Trinajstić information content (AvgIpc) is 2.35. The van der Waals surface area contributed by atoms with Crippen molar-refractivity contribution in [1.29, 1.82) is 0 Å². The lowest BCUT2D eigenvalue weighted by molar-refractivity contribution is -0.113. The molecule has 0 atom stereocenters. The van der Waals surface area contributed by atoms with Gasteiger partial charge in [-0.2, -0.15) is 12.6 Å². The summed E-state index contributed by atoms with van der Waals surface area (Å²) in [6.45, 7) is 1.82. The molecule has 0 saturated heterocycles. The quantitative estimate of drug-likeness (QED) is 0.661. The van der Waals surface area contributed by atoms with E-state index in [4.69, 9.17) is 4.42 Å². The van der Waals surface area contributed by atoms with Crippen LogP contribution in [0.25, 0.3) is 0 Å². The summed E-state index contributed by atoms with van der Waals surface area (Å²) in [5.41, 5.74) is 0. The summed E-state index contributed by atoms with van der Waals surface area (Å²) in [4.78, 5) is 10.7. The van der Waals surface area contributed by atoms with Gasteiger partial charge in [-0.1, -0.05) is 0 Å². The van der Waals surface area contributed by atoms with Gasteiger partial charge in [0.1, 0.15) is 5.76 Å². The standard InChI is InChI=1S/C7H9NO2S/c1-5-2-3-7(10-5)8-6(9)4-11/h2-3,11H,4H2,1H3,(H,8,9). The van der Waals surface area contributed by atoms with Gasteiger partial charge in [-0.3, -0.25) is 10.1 Å². The van der Waals surface area contributed by atoms with Crippen molar-refractivity contribution < 1.29 is 9.21 Å². The molecule has 4 heteroatoms. The molecule has 11 heavy (non-hydrogen) atoms. The van der Waals surface area contributed by atoms with E-state index in [1.807, 2.05) is 6.92 Å².